The Morgan fingerprint density at radius 2 is 1.06 bits per heavy atom. The summed E-state index contributed by atoms with van der Waals surface area (Å²) < 4.78 is 9.12. The van der Waals surface area contributed by atoms with Crippen molar-refractivity contribution in [3.05, 3.63) is 0 Å². The molecule has 17 heavy (non-hydrogen) atoms. The number of carbonyl (C=O) groups excluding carboxylic acids is 4. The van der Waals surface area contributed by atoms with Crippen LogP contribution in [0.15, 0.2) is 0 Å². The maximum atomic E-state index is 10.7. The molecule has 0 heterocycles. The maximum Gasteiger partial charge on any atom is 0.374 e. The van der Waals surface area contributed by atoms with Crippen molar-refractivity contribution in [2.45, 2.75) is 34.1 Å². The van der Waals surface area contributed by atoms with Crippen LogP contribution in [-0.2, 0) is 28.7 Å². The number of rotatable bonds is 7. The molecule has 0 aromatic rings. The van der Waals surface area contributed by atoms with Crippen molar-refractivity contribution < 1.29 is 28.7 Å². The average molecular weight is 246 g/mol. The molecular formula is C11H18O6. The first-order chi connectivity index (χ1) is 7.45. The van der Waals surface area contributed by atoms with E-state index in [4.69, 9.17) is 0 Å². The van der Waals surface area contributed by atoms with Crippen molar-refractivity contribution in [2.75, 3.05) is 13.2 Å². The lowest BCUT2D eigenvalue weighted by atomic mass is 10.3. The van der Waals surface area contributed by atoms with Gasteiger partial charge >= 0.3 is 11.9 Å². The summed E-state index contributed by atoms with van der Waals surface area (Å²) in [6.45, 7) is 2.43. The van der Waals surface area contributed by atoms with E-state index in [-0.39, 0.29) is 20.6 Å². The van der Waals surface area contributed by atoms with E-state index in [1.165, 1.54) is 0 Å². The fourth-order valence-corrected chi connectivity index (χ4v) is 0.737. The number of carbonyl (C=O) groups is 4. The number of hydrogen-bond donors (Lipinski definition) is 0. The molecule has 0 amide bonds. The number of Topliss-reactive ketones (excluding diaryl/α,β-unsaturated/α-hetero) is 2. The Morgan fingerprint density at radius 3 is 1.29 bits per heavy atom. The van der Waals surface area contributed by atoms with E-state index in [1.807, 2.05) is 0 Å². The van der Waals surface area contributed by atoms with Gasteiger partial charge in [-0.25, -0.2) is 9.59 Å². The van der Waals surface area contributed by atoms with Gasteiger partial charge in [-0.3, -0.25) is 9.59 Å². The van der Waals surface area contributed by atoms with Crippen LogP contribution in [0.4, 0.5) is 0 Å². The van der Waals surface area contributed by atoms with Gasteiger partial charge < -0.3 is 9.47 Å². The average Bonchev–Trinajstić information content (AvgIpc) is 2.21. The molecule has 0 aromatic heterocycles. The number of hydrogen-bond acceptors (Lipinski definition) is 6. The monoisotopic (exact) mass is 246 g/mol. The molecule has 0 saturated heterocycles. The lowest BCUT2D eigenvalue weighted by Crippen LogP contribution is -2.16. The highest BCUT2D eigenvalue weighted by atomic mass is 16.5. The SMILES string of the molecule is C.CC(=O)C(=O)OCCCCOC(=O)C(C)=O. The quantitative estimate of drug-likeness (QED) is 0.372. The highest BCUT2D eigenvalue weighted by Gasteiger charge is 2.09. The molecule has 0 saturated carbocycles. The summed E-state index contributed by atoms with van der Waals surface area (Å²) in [5.41, 5.74) is 0. The molecule has 0 aliphatic rings. The van der Waals surface area contributed by atoms with E-state index >= 15 is 0 Å². The first kappa shape index (κ1) is 17.7. The fourth-order valence-electron chi connectivity index (χ4n) is 0.737. The smallest absolute Gasteiger partial charge is 0.374 e. The number of unbranched alkanes of at least 4 members (excludes halogenated alkanes) is 1. The van der Waals surface area contributed by atoms with Crippen LogP contribution in [-0.4, -0.2) is 36.7 Å². The minimum Gasteiger partial charge on any atom is -0.460 e. The minimum absolute atomic E-state index is 0. The van der Waals surface area contributed by atoms with Crippen LogP contribution in [0.3, 0.4) is 0 Å². The second-order valence-corrected chi connectivity index (χ2v) is 3.09. The van der Waals surface area contributed by atoms with E-state index in [1.54, 1.807) is 0 Å². The first-order valence-corrected chi connectivity index (χ1v) is 4.80. The molecule has 0 unspecified atom stereocenters. The van der Waals surface area contributed by atoms with E-state index in [0.29, 0.717) is 12.8 Å². The zero-order valence-electron chi connectivity index (χ0n) is 9.28. The molecule has 0 bridgehead atoms. The van der Waals surface area contributed by atoms with Crippen molar-refractivity contribution in [3.63, 3.8) is 0 Å². The van der Waals surface area contributed by atoms with E-state index in [2.05, 4.69) is 9.47 Å². The zero-order chi connectivity index (χ0) is 12.6. The van der Waals surface area contributed by atoms with Crippen molar-refractivity contribution >= 4 is 23.5 Å². The molecule has 0 radical (unpaired) electrons. The second-order valence-electron chi connectivity index (χ2n) is 3.09. The molecule has 0 fully saturated rings. The third-order valence-corrected chi connectivity index (χ3v) is 1.58. The van der Waals surface area contributed by atoms with Gasteiger partial charge in [0, 0.05) is 13.8 Å². The zero-order valence-corrected chi connectivity index (χ0v) is 9.28. The predicted octanol–water partition coefficient (Wildman–Crippen LogP) is 0.667. The molecule has 0 spiro atoms. The van der Waals surface area contributed by atoms with Gasteiger partial charge in [0.25, 0.3) is 0 Å². The minimum atomic E-state index is -0.874. The van der Waals surface area contributed by atoms with E-state index < -0.39 is 23.5 Å². The number of ether oxygens (including phenoxy) is 2. The standard InChI is InChI=1S/C10H14O6.CH4/c1-7(11)9(13)15-5-3-4-6-16-10(14)8(2)12;/h3-6H2,1-2H3;1H4. The first-order valence-electron chi connectivity index (χ1n) is 4.80. The Labute approximate surface area is 100 Å². The second kappa shape index (κ2) is 9.50. The van der Waals surface area contributed by atoms with Gasteiger partial charge in [-0.1, -0.05) is 7.43 Å². The van der Waals surface area contributed by atoms with Gasteiger partial charge in [0.1, 0.15) is 0 Å². The van der Waals surface area contributed by atoms with Crippen LogP contribution >= 0.6 is 0 Å². The topological polar surface area (TPSA) is 86.7 Å². The Kier molecular flexibility index (Phi) is 9.88. The molecule has 98 valence electrons. The molecule has 6 heteroatoms. The molecule has 0 atom stereocenters. The van der Waals surface area contributed by atoms with E-state index in [0.717, 1.165) is 13.8 Å². The van der Waals surface area contributed by atoms with Crippen molar-refractivity contribution in [3.8, 4) is 0 Å². The molecule has 6 nitrogen and oxygen atoms in total. The van der Waals surface area contributed by atoms with Gasteiger partial charge in [-0.2, -0.15) is 0 Å². The van der Waals surface area contributed by atoms with Gasteiger partial charge in [-0.15, -0.1) is 0 Å². The molecule has 0 aromatic carbocycles. The molecule has 0 aliphatic carbocycles. The van der Waals surface area contributed by atoms with Crippen molar-refractivity contribution in [2.24, 2.45) is 0 Å². The van der Waals surface area contributed by atoms with Crippen LogP contribution in [0.25, 0.3) is 0 Å². The lowest BCUT2D eigenvalue weighted by molar-refractivity contribution is -0.154. The van der Waals surface area contributed by atoms with E-state index in [9.17, 15) is 19.2 Å². The highest BCUT2D eigenvalue weighted by molar-refractivity contribution is 6.32. The summed E-state index contributed by atoms with van der Waals surface area (Å²) in [7, 11) is 0. The van der Waals surface area contributed by atoms with Crippen LogP contribution < -0.4 is 0 Å². The van der Waals surface area contributed by atoms with Gasteiger partial charge in [0.2, 0.25) is 11.6 Å². The van der Waals surface area contributed by atoms with Crippen LogP contribution in [0.1, 0.15) is 34.1 Å². The summed E-state index contributed by atoms with van der Waals surface area (Å²) in [5.74, 6) is -3.05. The Balaban J connectivity index is 0. The predicted molar refractivity (Wildman–Crippen MR) is 59.2 cm³/mol. The van der Waals surface area contributed by atoms with Gasteiger partial charge in [-0.05, 0) is 12.8 Å². The highest BCUT2D eigenvalue weighted by Crippen LogP contribution is 1.93. The summed E-state index contributed by atoms with van der Waals surface area (Å²) in [5, 5.41) is 0. The Morgan fingerprint density at radius 1 is 0.765 bits per heavy atom. The summed E-state index contributed by atoms with van der Waals surface area (Å²) >= 11 is 0. The molecule has 0 N–H and O–H groups in total. The third-order valence-electron chi connectivity index (χ3n) is 1.58. The van der Waals surface area contributed by atoms with Crippen molar-refractivity contribution in [1.82, 2.24) is 0 Å². The largest absolute Gasteiger partial charge is 0.460 e. The van der Waals surface area contributed by atoms with Crippen molar-refractivity contribution in [1.29, 1.82) is 0 Å². The molecule has 0 aliphatic heterocycles. The normalized spacial score (nSPS) is 8.82. The van der Waals surface area contributed by atoms with Crippen LogP contribution in [0, 0.1) is 0 Å². The Bertz CT molecular complexity index is 264. The van der Waals surface area contributed by atoms with Crippen LogP contribution in [0.5, 0.6) is 0 Å². The summed E-state index contributed by atoms with van der Waals surface area (Å²) in [4.78, 5) is 42.2. The lowest BCUT2D eigenvalue weighted by Gasteiger charge is -2.03. The van der Waals surface area contributed by atoms with Crippen LogP contribution in [0.2, 0.25) is 0 Å². The summed E-state index contributed by atoms with van der Waals surface area (Å²) in [6, 6.07) is 0. The number of ketones is 2. The van der Waals surface area contributed by atoms with Gasteiger partial charge in [0.15, 0.2) is 0 Å². The van der Waals surface area contributed by atoms with Gasteiger partial charge in [0.05, 0.1) is 13.2 Å². The maximum absolute atomic E-state index is 10.7. The fraction of sp³-hybridized carbons (Fsp3) is 0.636. The molecule has 0 rings (SSSR count). The summed E-state index contributed by atoms with van der Waals surface area (Å²) in [6.07, 6.45) is 0.925. The number of esters is 2. The molecular weight excluding hydrogens is 228 g/mol. The Hall–Kier alpha value is -1.72. The third kappa shape index (κ3) is 9.22.